The van der Waals surface area contributed by atoms with Crippen LogP contribution in [-0.2, 0) is 19.6 Å². The number of carbonyl (C=O) groups excluding carboxylic acids is 2. The van der Waals surface area contributed by atoms with Gasteiger partial charge in [0.25, 0.3) is 15.9 Å². The zero-order valence-electron chi connectivity index (χ0n) is 17.5. The van der Waals surface area contributed by atoms with Crippen molar-refractivity contribution in [3.63, 3.8) is 0 Å². The summed E-state index contributed by atoms with van der Waals surface area (Å²) in [5.74, 6) is -0.886. The summed E-state index contributed by atoms with van der Waals surface area (Å²) in [5.41, 5.74) is 0.259. The molecule has 0 radical (unpaired) electrons. The predicted octanol–water partition coefficient (Wildman–Crippen LogP) is 4.09. The molecule has 0 heterocycles. The van der Waals surface area contributed by atoms with Gasteiger partial charge in [-0.05, 0) is 68.1 Å². The van der Waals surface area contributed by atoms with Gasteiger partial charge in [-0.3, -0.25) is 14.3 Å². The van der Waals surface area contributed by atoms with Crippen molar-refractivity contribution in [3.8, 4) is 0 Å². The van der Waals surface area contributed by atoms with Crippen LogP contribution >= 0.6 is 11.6 Å². The number of nitrogens with one attached hydrogen (secondary N) is 1. The van der Waals surface area contributed by atoms with E-state index in [9.17, 15) is 22.4 Å². The van der Waals surface area contributed by atoms with Crippen LogP contribution in [0, 0.1) is 11.7 Å². The largest absolute Gasteiger partial charge is 0.466 e. The fraction of sp³-hybridized carbons (Fsp3) is 0.364. The van der Waals surface area contributed by atoms with E-state index in [1.807, 2.05) is 0 Å². The van der Waals surface area contributed by atoms with Crippen molar-refractivity contribution >= 4 is 39.2 Å². The number of esters is 1. The molecule has 1 saturated carbocycles. The second-order valence-electron chi connectivity index (χ2n) is 7.50. The van der Waals surface area contributed by atoms with Gasteiger partial charge in [0.1, 0.15) is 5.82 Å². The molecule has 1 amide bonds. The molecule has 172 valence electrons. The highest BCUT2D eigenvalue weighted by molar-refractivity contribution is 7.92. The molecular weight excluding hydrogens is 459 g/mol. The maximum atomic E-state index is 13.1. The lowest BCUT2D eigenvalue weighted by atomic mass is 10.1. The molecule has 1 fully saturated rings. The van der Waals surface area contributed by atoms with E-state index < -0.39 is 15.8 Å². The van der Waals surface area contributed by atoms with Crippen molar-refractivity contribution in [1.29, 1.82) is 0 Å². The summed E-state index contributed by atoms with van der Waals surface area (Å²) in [7, 11) is -4.04. The molecule has 2 aromatic carbocycles. The number of amides is 1. The zero-order chi connectivity index (χ0) is 23.3. The van der Waals surface area contributed by atoms with Gasteiger partial charge in [0, 0.05) is 18.7 Å². The summed E-state index contributed by atoms with van der Waals surface area (Å²) in [6.45, 7) is 2.70. The zero-order valence-corrected chi connectivity index (χ0v) is 19.1. The van der Waals surface area contributed by atoms with E-state index >= 15 is 0 Å². The third kappa shape index (κ3) is 6.43. The second kappa shape index (κ2) is 10.3. The molecule has 0 aliphatic heterocycles. The fourth-order valence-corrected chi connectivity index (χ4v) is 4.38. The highest BCUT2D eigenvalue weighted by Crippen LogP contribution is 2.31. The van der Waals surface area contributed by atoms with Gasteiger partial charge in [0.15, 0.2) is 0 Å². The van der Waals surface area contributed by atoms with Crippen LogP contribution in [0.1, 0.15) is 36.5 Å². The summed E-state index contributed by atoms with van der Waals surface area (Å²) < 4.78 is 45.7. The van der Waals surface area contributed by atoms with Crippen molar-refractivity contribution in [2.24, 2.45) is 5.92 Å². The number of hydrogen-bond donors (Lipinski definition) is 1. The number of anilines is 1. The molecule has 0 unspecified atom stereocenters. The minimum absolute atomic E-state index is 0.0265. The van der Waals surface area contributed by atoms with Gasteiger partial charge in [-0.15, -0.1) is 0 Å². The third-order valence-corrected chi connectivity index (χ3v) is 6.65. The summed E-state index contributed by atoms with van der Waals surface area (Å²) in [5, 5.41) is 0.104. The van der Waals surface area contributed by atoms with Crippen LogP contribution in [0.15, 0.2) is 47.4 Å². The lowest BCUT2D eigenvalue weighted by molar-refractivity contribution is -0.143. The van der Waals surface area contributed by atoms with E-state index in [0.717, 1.165) is 37.1 Å². The third-order valence-electron chi connectivity index (χ3n) is 4.94. The number of halogens is 2. The molecule has 10 heteroatoms. The van der Waals surface area contributed by atoms with Gasteiger partial charge >= 0.3 is 5.97 Å². The molecule has 0 spiro atoms. The SMILES string of the molecule is CCOC(=O)CCN(CC1CC1)C(=O)c1ccc(Cl)c(NS(=O)(=O)c2ccc(F)cc2)c1. The summed E-state index contributed by atoms with van der Waals surface area (Å²) >= 11 is 6.16. The Morgan fingerprint density at radius 1 is 1.19 bits per heavy atom. The average molecular weight is 483 g/mol. The number of sulfonamides is 1. The lowest BCUT2D eigenvalue weighted by Gasteiger charge is -2.23. The first-order chi connectivity index (χ1) is 15.2. The molecule has 0 aromatic heterocycles. The van der Waals surface area contributed by atoms with Gasteiger partial charge in [-0.2, -0.15) is 0 Å². The van der Waals surface area contributed by atoms with Crippen LogP contribution in [0.25, 0.3) is 0 Å². The molecule has 1 N–H and O–H groups in total. The lowest BCUT2D eigenvalue weighted by Crippen LogP contribution is -2.35. The van der Waals surface area contributed by atoms with E-state index in [0.29, 0.717) is 12.5 Å². The minimum Gasteiger partial charge on any atom is -0.466 e. The molecular formula is C22H24ClFN2O5S. The maximum Gasteiger partial charge on any atom is 0.307 e. The number of benzene rings is 2. The van der Waals surface area contributed by atoms with Crippen LogP contribution < -0.4 is 4.72 Å². The van der Waals surface area contributed by atoms with E-state index in [2.05, 4.69) is 4.72 Å². The number of hydrogen-bond acceptors (Lipinski definition) is 5. The first kappa shape index (κ1) is 24.0. The Morgan fingerprint density at radius 3 is 2.50 bits per heavy atom. The molecule has 1 aliphatic rings. The van der Waals surface area contributed by atoms with Crippen LogP contribution in [0.3, 0.4) is 0 Å². The Hall–Kier alpha value is -2.65. The maximum absolute atomic E-state index is 13.1. The Kier molecular flexibility index (Phi) is 7.73. The highest BCUT2D eigenvalue weighted by Gasteiger charge is 2.28. The standard InChI is InChI=1S/C22H24ClFN2O5S/c1-2-31-21(27)11-12-26(14-15-3-4-15)22(28)16-5-10-19(23)20(13-16)25-32(29,30)18-8-6-17(24)7-9-18/h5-10,13,15,25H,2-4,11-12,14H2,1H3. The number of nitrogens with zero attached hydrogens (tertiary/aromatic N) is 1. The fourth-order valence-electron chi connectivity index (χ4n) is 3.08. The van der Waals surface area contributed by atoms with Gasteiger partial charge in [0.05, 0.1) is 28.6 Å². The molecule has 7 nitrogen and oxygen atoms in total. The van der Waals surface area contributed by atoms with Crippen molar-refractivity contribution in [2.45, 2.75) is 31.1 Å². The molecule has 2 aromatic rings. The normalized spacial score (nSPS) is 13.5. The van der Waals surface area contributed by atoms with E-state index in [1.54, 1.807) is 11.8 Å². The summed E-state index contributed by atoms with van der Waals surface area (Å²) in [6, 6.07) is 8.63. The van der Waals surface area contributed by atoms with E-state index in [4.69, 9.17) is 16.3 Å². The predicted molar refractivity (Wildman–Crippen MR) is 119 cm³/mol. The molecule has 0 bridgehead atoms. The van der Waals surface area contributed by atoms with Gasteiger partial charge in [-0.25, -0.2) is 12.8 Å². The van der Waals surface area contributed by atoms with Crippen LogP contribution in [0.5, 0.6) is 0 Å². The molecule has 0 atom stereocenters. The average Bonchev–Trinajstić information content (AvgIpc) is 3.57. The topological polar surface area (TPSA) is 92.8 Å². The molecule has 3 rings (SSSR count). The first-order valence-corrected chi connectivity index (χ1v) is 12.1. The Labute approximate surface area is 191 Å². The second-order valence-corrected chi connectivity index (χ2v) is 9.59. The Morgan fingerprint density at radius 2 is 1.88 bits per heavy atom. The van der Waals surface area contributed by atoms with Crippen molar-refractivity contribution < 1.29 is 27.1 Å². The van der Waals surface area contributed by atoms with Gasteiger partial charge in [-0.1, -0.05) is 11.6 Å². The number of ether oxygens (including phenoxy) is 1. The van der Waals surface area contributed by atoms with Crippen molar-refractivity contribution in [2.75, 3.05) is 24.4 Å². The first-order valence-electron chi connectivity index (χ1n) is 10.2. The minimum atomic E-state index is -4.04. The van der Waals surface area contributed by atoms with Crippen LogP contribution in [0.4, 0.5) is 10.1 Å². The van der Waals surface area contributed by atoms with Gasteiger partial charge in [0.2, 0.25) is 0 Å². The number of carbonyl (C=O) groups is 2. The number of rotatable bonds is 10. The summed E-state index contributed by atoms with van der Waals surface area (Å²) in [4.78, 5) is 26.3. The molecule has 1 aliphatic carbocycles. The van der Waals surface area contributed by atoms with Crippen LogP contribution in [0.2, 0.25) is 5.02 Å². The Balaban J connectivity index is 1.79. The van der Waals surface area contributed by atoms with Gasteiger partial charge < -0.3 is 9.64 Å². The smallest absolute Gasteiger partial charge is 0.307 e. The molecule has 32 heavy (non-hydrogen) atoms. The quantitative estimate of drug-likeness (QED) is 0.515. The molecule has 0 saturated heterocycles. The van der Waals surface area contributed by atoms with Crippen LogP contribution in [-0.4, -0.2) is 44.9 Å². The van der Waals surface area contributed by atoms with E-state index in [-0.39, 0.29) is 52.6 Å². The summed E-state index contributed by atoms with van der Waals surface area (Å²) in [6.07, 6.45) is 2.11. The Bertz CT molecular complexity index is 1090. The van der Waals surface area contributed by atoms with Crippen molar-refractivity contribution in [1.82, 2.24) is 4.90 Å². The highest BCUT2D eigenvalue weighted by atomic mass is 35.5. The monoisotopic (exact) mass is 482 g/mol. The van der Waals surface area contributed by atoms with Crippen molar-refractivity contribution in [3.05, 3.63) is 58.9 Å². The van der Waals surface area contributed by atoms with E-state index in [1.165, 1.54) is 18.2 Å².